The van der Waals surface area contributed by atoms with Crippen LogP contribution in [0.1, 0.15) is 191 Å². The molecular formula is C107H117F4N23O6. The highest BCUT2D eigenvalue weighted by Crippen LogP contribution is 2.57. The van der Waals surface area contributed by atoms with Crippen LogP contribution in [0, 0.1) is 20.8 Å². The summed E-state index contributed by atoms with van der Waals surface area (Å²) in [5.41, 5.74) is 22.7. The Bertz CT molecular complexity index is 7340. The maximum atomic E-state index is 14.2. The number of carbonyl (C=O) groups excluding carboxylic acids is 4. The Kier molecular flexibility index (Phi) is 25.0. The molecule has 9 aliphatic rings. The van der Waals surface area contributed by atoms with Crippen LogP contribution in [-0.4, -0.2) is 208 Å². The lowest BCUT2D eigenvalue weighted by Crippen LogP contribution is -2.38. The second-order valence-electron chi connectivity index (χ2n) is 38.8. The molecular weight excluding hydrogens is 1780 g/mol. The molecule has 17 heterocycles. The zero-order valence-corrected chi connectivity index (χ0v) is 81.0. The number of rotatable bonds is 16. The number of anilines is 1. The number of carbonyl (C=O) groups is 4. The first-order valence-electron chi connectivity index (χ1n) is 49.5. The van der Waals surface area contributed by atoms with Gasteiger partial charge in [-0.3, -0.25) is 33.2 Å². The third kappa shape index (κ3) is 17.9. The first-order chi connectivity index (χ1) is 67.8. The number of alkyl halides is 4. The summed E-state index contributed by atoms with van der Waals surface area (Å²) in [6, 6.07) is 33.1. The number of morpholine rings is 1. The van der Waals surface area contributed by atoms with Gasteiger partial charge >= 0.3 is 0 Å². The highest BCUT2D eigenvalue weighted by Gasteiger charge is 2.60. The Balaban J connectivity index is 0.000000111. The molecule has 2 unspecified atom stereocenters. The van der Waals surface area contributed by atoms with Crippen LogP contribution in [0.5, 0.6) is 0 Å². The number of benzene rings is 4. The Morgan fingerprint density at radius 1 is 0.379 bits per heavy atom. The number of hydrogen-bond acceptors (Lipinski definition) is 18. The zero-order valence-electron chi connectivity index (χ0n) is 81.0. The minimum atomic E-state index is -2.72. The predicted molar refractivity (Wildman–Crippen MR) is 527 cm³/mol. The number of hydrogen-bond donors (Lipinski definition) is 0. The van der Waals surface area contributed by atoms with Crippen LogP contribution in [0.15, 0.2) is 140 Å². The smallest absolute Gasteiger partial charge is 0.259 e. The molecule has 29 nitrogen and oxygen atoms in total. The van der Waals surface area contributed by atoms with Gasteiger partial charge in [0.05, 0.1) is 143 Å². The number of aromatic nitrogens is 18. The van der Waals surface area contributed by atoms with Crippen LogP contribution in [0.4, 0.5) is 23.4 Å². The normalized spacial score (nSPS) is 18.2. The van der Waals surface area contributed by atoms with Crippen molar-refractivity contribution in [2.24, 2.45) is 21.1 Å². The minimum Gasteiger partial charge on any atom is -0.381 e. The molecule has 4 amide bonds. The monoisotopic (exact) mass is 1900 g/mol. The van der Waals surface area contributed by atoms with Crippen molar-refractivity contribution < 1.29 is 46.2 Å². The number of ether oxygens (including phenoxy) is 2. The van der Waals surface area contributed by atoms with Crippen molar-refractivity contribution in [2.75, 3.05) is 70.6 Å². The Labute approximate surface area is 809 Å². The molecule has 5 fully saturated rings. The Morgan fingerprint density at radius 2 is 0.729 bits per heavy atom. The average Bonchev–Trinajstić information content (AvgIpc) is 1.54. The maximum absolute atomic E-state index is 14.2. The third-order valence-corrected chi connectivity index (χ3v) is 29.4. The molecule has 724 valence electrons. The highest BCUT2D eigenvalue weighted by molar-refractivity contribution is 6.00. The molecule has 11 aromatic heterocycles. The number of fused-ring (bicyclic) bond motifs is 8. The van der Waals surface area contributed by atoms with Gasteiger partial charge in [0.15, 0.2) is 0 Å². The maximum Gasteiger partial charge on any atom is 0.259 e. The zero-order chi connectivity index (χ0) is 96.8. The van der Waals surface area contributed by atoms with E-state index in [0.29, 0.717) is 108 Å². The van der Waals surface area contributed by atoms with Crippen molar-refractivity contribution in [3.63, 3.8) is 0 Å². The number of nitrogens with zero attached hydrogens (tertiary/aromatic N) is 23. The largest absolute Gasteiger partial charge is 0.381 e. The fourth-order valence-electron chi connectivity index (χ4n) is 21.7. The molecule has 15 aromatic rings. The lowest BCUT2D eigenvalue weighted by atomic mass is 9.99. The second-order valence-corrected chi connectivity index (χ2v) is 38.8. The first kappa shape index (κ1) is 92.7. The van der Waals surface area contributed by atoms with E-state index in [-0.39, 0.29) is 48.8 Å². The summed E-state index contributed by atoms with van der Waals surface area (Å²) in [5.74, 6) is -0.545. The molecule has 3 saturated carbocycles. The number of pyridine rings is 4. The quantitative estimate of drug-likeness (QED) is 0.0813. The van der Waals surface area contributed by atoms with Gasteiger partial charge in [-0.1, -0.05) is 82.3 Å². The van der Waals surface area contributed by atoms with Crippen LogP contribution in [0.3, 0.4) is 0 Å². The van der Waals surface area contributed by atoms with E-state index >= 15 is 0 Å². The summed E-state index contributed by atoms with van der Waals surface area (Å²) in [6.45, 7) is 25.7. The van der Waals surface area contributed by atoms with Gasteiger partial charge in [0, 0.05) is 248 Å². The van der Waals surface area contributed by atoms with Crippen molar-refractivity contribution in [1.82, 2.24) is 107 Å². The molecule has 3 aliphatic carbocycles. The van der Waals surface area contributed by atoms with Gasteiger partial charge in [0.1, 0.15) is 29.1 Å². The molecule has 140 heavy (non-hydrogen) atoms. The summed E-state index contributed by atoms with van der Waals surface area (Å²) in [7, 11) is 5.67. The van der Waals surface area contributed by atoms with Gasteiger partial charge < -0.3 is 52.2 Å². The SMILES string of the molecule is CCC(=O)N1CCn2c(C3CC3(F)F)nc(-c3cccc4nc(-c5cnn(C)c5)c(C)cc34)c2C1.CCC(=O)N1CCn2c(C3CC3)nc(-c3cccc4nc(-c5cnn(C)c5)c(C)cc34)c2C1.CCC(=O)N1CCn2c(C3CCC(F)(F)C3)nc(-c3cccc4nc(-c5cnn(C)c5)c(C)cc34)c2C1.CCC(=O)N1CCn2c(C3CCOCC3)nc(-c3cccc4cc(N5CCOCC5)ncc34)c2C1. The molecule has 2 saturated heterocycles. The van der Waals surface area contributed by atoms with E-state index in [2.05, 4.69) is 101 Å². The Morgan fingerprint density at radius 3 is 1.08 bits per heavy atom. The van der Waals surface area contributed by atoms with Gasteiger partial charge in [0.2, 0.25) is 29.6 Å². The fraction of sp³-hybridized carbons (Fsp3) is 0.430. The van der Waals surface area contributed by atoms with E-state index < -0.39 is 17.8 Å². The van der Waals surface area contributed by atoms with Crippen LogP contribution in [-0.2, 0) is 102 Å². The van der Waals surface area contributed by atoms with Crippen molar-refractivity contribution in [3.8, 4) is 78.8 Å². The van der Waals surface area contributed by atoms with Crippen LogP contribution in [0.25, 0.3) is 122 Å². The molecule has 0 bridgehead atoms. The van der Waals surface area contributed by atoms with Gasteiger partial charge in [-0.05, 0) is 117 Å². The van der Waals surface area contributed by atoms with E-state index in [4.69, 9.17) is 49.3 Å². The van der Waals surface area contributed by atoms with Gasteiger partial charge in [-0.25, -0.2) is 57.4 Å². The summed E-state index contributed by atoms with van der Waals surface area (Å²) in [4.78, 5) is 100. The summed E-state index contributed by atoms with van der Waals surface area (Å²) >= 11 is 0. The molecule has 0 spiro atoms. The van der Waals surface area contributed by atoms with Crippen molar-refractivity contribution in [2.45, 2.75) is 213 Å². The van der Waals surface area contributed by atoms with Gasteiger partial charge in [0.25, 0.3) is 5.92 Å². The van der Waals surface area contributed by atoms with E-state index in [9.17, 15) is 36.7 Å². The number of imidazole rings is 4. The van der Waals surface area contributed by atoms with E-state index in [1.165, 1.54) is 18.7 Å². The molecule has 4 aromatic carbocycles. The van der Waals surface area contributed by atoms with Crippen molar-refractivity contribution in [1.29, 1.82) is 0 Å². The lowest BCUT2D eigenvalue weighted by molar-refractivity contribution is -0.133. The van der Waals surface area contributed by atoms with E-state index in [0.717, 1.165) is 252 Å². The van der Waals surface area contributed by atoms with Crippen LogP contribution < -0.4 is 4.90 Å². The first-order valence-corrected chi connectivity index (χ1v) is 49.5. The van der Waals surface area contributed by atoms with Gasteiger partial charge in [-0.2, -0.15) is 15.3 Å². The van der Waals surface area contributed by atoms with E-state index in [1.54, 1.807) is 31.3 Å². The summed E-state index contributed by atoms with van der Waals surface area (Å²) < 4.78 is 81.8. The predicted octanol–water partition coefficient (Wildman–Crippen LogP) is 18.2. The number of aryl methyl sites for hydroxylation is 6. The van der Waals surface area contributed by atoms with Gasteiger partial charge in [-0.15, -0.1) is 0 Å². The summed E-state index contributed by atoms with van der Waals surface area (Å²) in [6.07, 6.45) is 19.6. The molecule has 33 heteroatoms. The fourth-order valence-corrected chi connectivity index (χ4v) is 21.7. The number of amides is 4. The highest BCUT2D eigenvalue weighted by atomic mass is 19.3. The average molecular weight is 1900 g/mol. The number of halogens is 4. The lowest BCUT2D eigenvalue weighted by Gasteiger charge is -2.31. The second kappa shape index (κ2) is 37.8. The van der Waals surface area contributed by atoms with Crippen LogP contribution >= 0.6 is 0 Å². The minimum absolute atomic E-state index is 0.0539. The van der Waals surface area contributed by atoms with Crippen molar-refractivity contribution >= 4 is 72.9 Å². The molecule has 2 atom stereocenters. The van der Waals surface area contributed by atoms with E-state index in [1.807, 2.05) is 149 Å². The molecule has 0 radical (unpaired) electrons. The van der Waals surface area contributed by atoms with Crippen molar-refractivity contribution in [3.05, 3.63) is 203 Å². The topological polar surface area (TPSA) is 279 Å². The molecule has 24 rings (SSSR count). The van der Waals surface area contributed by atoms with Crippen LogP contribution in [0.2, 0.25) is 0 Å². The molecule has 0 N–H and O–H groups in total. The standard InChI is InChI=1S/C28H30F2N6O.C27H33N5O3.C26H26F2N6O.C26H28N6O/c1-4-24(37)35-10-11-36-23(16-35)26(33-27(36)18-8-9-28(29,30)13-18)20-6-5-7-22-21(20)12-17(2)25(32-22)19-14-31-34(3)15-19;1-2-25(33)31-8-9-32-23(18-31)26(29-27(32)19-6-12-34-13-7-19)21-5-3-4-20-16-24(28-17-22(20)21)30-10-14-35-15-11-30;1-4-22(35)33-8-9-34-21(14-33)24(31-25(34)19-11-26(19,27)28)17-6-5-7-20-18(17)10-15(2)23(30-20)16-12-29-32(3)13-16;1-4-23(33)31-10-11-32-22(15-31)25(29-26(32)17-8-9-17)19-6-5-7-21-20(19)12-16(2)24(28-21)18-13-27-30(3)14-18/h5-7,12,14-15,18H,4,8-11,13,16H2,1-3H3;3-5,16-17,19H,2,6-15,18H2,1H3;5-7,10,12-13,19H,4,8-9,11,14H2,1-3H3;5-7,12-14,17H,4,8-11,15H2,1-3H3. The summed E-state index contributed by atoms with van der Waals surface area (Å²) in [5, 5.41) is 18.1. The third-order valence-electron chi connectivity index (χ3n) is 29.4. The Hall–Kier alpha value is -13.7. The molecule has 6 aliphatic heterocycles.